The van der Waals surface area contributed by atoms with Crippen LogP contribution in [-0.4, -0.2) is 12.2 Å². The van der Waals surface area contributed by atoms with Crippen molar-refractivity contribution in [2.45, 2.75) is 25.8 Å². The van der Waals surface area contributed by atoms with E-state index in [0.29, 0.717) is 18.6 Å². The summed E-state index contributed by atoms with van der Waals surface area (Å²) in [6, 6.07) is 11.1. The number of carbonyl (C=O) groups excluding carboxylic acids is 2. The summed E-state index contributed by atoms with van der Waals surface area (Å²) in [5, 5.41) is 0. The van der Waals surface area contributed by atoms with E-state index in [0.717, 1.165) is 11.3 Å². The number of benzene rings is 1. The van der Waals surface area contributed by atoms with Crippen LogP contribution in [-0.2, 0) is 16.8 Å². The van der Waals surface area contributed by atoms with E-state index >= 15 is 0 Å². The molecule has 20 heavy (non-hydrogen) atoms. The summed E-state index contributed by atoms with van der Waals surface area (Å²) >= 11 is 0. The number of amides is 1. The Balaban J connectivity index is 1.98. The molecule has 2 heterocycles. The van der Waals surface area contributed by atoms with Crippen molar-refractivity contribution in [3.8, 4) is 0 Å². The number of furan rings is 1. The number of anilines is 1. The summed E-state index contributed by atoms with van der Waals surface area (Å²) in [6.45, 7) is 4.19. The Labute approximate surface area is 117 Å². The van der Waals surface area contributed by atoms with Crippen molar-refractivity contribution < 1.29 is 14.0 Å². The van der Waals surface area contributed by atoms with Crippen LogP contribution in [0.2, 0.25) is 0 Å². The van der Waals surface area contributed by atoms with Gasteiger partial charge in [0.2, 0.25) is 5.91 Å². The fourth-order valence-corrected chi connectivity index (χ4v) is 2.66. The monoisotopic (exact) mass is 269 g/mol. The van der Waals surface area contributed by atoms with Crippen LogP contribution in [0.15, 0.2) is 40.8 Å². The number of rotatable bonds is 3. The standard InChI is InChI=1S/C16H15NO3/c1-16(2)13-5-3-4-6-14(13)17(15(16)19)9-11-7-8-12(10-18)20-11/h3-8,10H,9H2,1-2H3. The molecule has 102 valence electrons. The molecule has 4 nitrogen and oxygen atoms in total. The molecule has 1 aromatic carbocycles. The number of para-hydroxylation sites is 1. The van der Waals surface area contributed by atoms with Crippen LogP contribution in [0.25, 0.3) is 0 Å². The van der Waals surface area contributed by atoms with E-state index in [1.807, 2.05) is 38.1 Å². The van der Waals surface area contributed by atoms with Gasteiger partial charge in [-0.25, -0.2) is 0 Å². The third-order valence-electron chi connectivity index (χ3n) is 3.76. The maximum atomic E-state index is 12.6. The summed E-state index contributed by atoms with van der Waals surface area (Å²) in [4.78, 5) is 24.9. The Hall–Kier alpha value is -2.36. The maximum absolute atomic E-state index is 12.6. The molecule has 0 bridgehead atoms. The Bertz CT molecular complexity index is 685. The molecule has 1 aliphatic rings. The lowest BCUT2D eigenvalue weighted by Gasteiger charge is -2.19. The first-order valence-corrected chi connectivity index (χ1v) is 6.49. The van der Waals surface area contributed by atoms with Gasteiger partial charge in [-0.2, -0.15) is 0 Å². The van der Waals surface area contributed by atoms with E-state index in [1.165, 1.54) is 0 Å². The third kappa shape index (κ3) is 1.76. The molecule has 0 spiro atoms. The van der Waals surface area contributed by atoms with Crippen LogP contribution in [0.1, 0.15) is 35.7 Å². The minimum absolute atomic E-state index is 0.0442. The topological polar surface area (TPSA) is 50.5 Å². The van der Waals surface area contributed by atoms with E-state index in [-0.39, 0.29) is 11.7 Å². The van der Waals surface area contributed by atoms with Crippen molar-refractivity contribution in [2.24, 2.45) is 0 Å². The van der Waals surface area contributed by atoms with Crippen molar-refractivity contribution >= 4 is 17.9 Å². The number of aldehydes is 1. The van der Waals surface area contributed by atoms with Gasteiger partial charge in [-0.3, -0.25) is 9.59 Å². The zero-order valence-corrected chi connectivity index (χ0v) is 11.4. The highest BCUT2D eigenvalue weighted by molar-refractivity contribution is 6.07. The molecule has 0 N–H and O–H groups in total. The summed E-state index contributed by atoms with van der Waals surface area (Å²) in [6.07, 6.45) is 0.660. The van der Waals surface area contributed by atoms with Crippen LogP contribution >= 0.6 is 0 Å². The molecular formula is C16H15NO3. The average Bonchev–Trinajstić information content (AvgIpc) is 2.98. The van der Waals surface area contributed by atoms with Crippen LogP contribution in [0.3, 0.4) is 0 Å². The van der Waals surface area contributed by atoms with Crippen molar-refractivity contribution in [3.05, 3.63) is 53.5 Å². The molecule has 1 amide bonds. The highest BCUT2D eigenvalue weighted by Crippen LogP contribution is 2.41. The van der Waals surface area contributed by atoms with Gasteiger partial charge in [0.1, 0.15) is 5.76 Å². The van der Waals surface area contributed by atoms with E-state index in [1.54, 1.807) is 17.0 Å². The highest BCUT2D eigenvalue weighted by atomic mass is 16.3. The molecule has 0 saturated carbocycles. The molecular weight excluding hydrogens is 254 g/mol. The molecule has 2 aromatic rings. The fourth-order valence-electron chi connectivity index (χ4n) is 2.66. The van der Waals surface area contributed by atoms with Gasteiger partial charge >= 0.3 is 0 Å². The molecule has 0 radical (unpaired) electrons. The predicted octanol–water partition coefficient (Wildman–Crippen LogP) is 2.92. The zero-order chi connectivity index (χ0) is 14.3. The van der Waals surface area contributed by atoms with E-state index in [9.17, 15) is 9.59 Å². The van der Waals surface area contributed by atoms with Crippen molar-refractivity contribution in [3.63, 3.8) is 0 Å². The number of hydrogen-bond acceptors (Lipinski definition) is 3. The van der Waals surface area contributed by atoms with Gasteiger partial charge in [0.15, 0.2) is 12.0 Å². The molecule has 0 aliphatic carbocycles. The number of nitrogens with zero attached hydrogens (tertiary/aromatic N) is 1. The first-order valence-electron chi connectivity index (χ1n) is 6.49. The SMILES string of the molecule is CC1(C)C(=O)N(Cc2ccc(C=O)o2)c2ccccc21. The summed E-state index contributed by atoms with van der Waals surface area (Å²) in [5.74, 6) is 0.926. The lowest BCUT2D eigenvalue weighted by molar-refractivity contribution is -0.122. The molecule has 0 unspecified atom stereocenters. The Morgan fingerprint density at radius 1 is 1.20 bits per heavy atom. The molecule has 0 saturated heterocycles. The second-order valence-corrected chi connectivity index (χ2v) is 5.46. The van der Waals surface area contributed by atoms with Gasteiger partial charge in [0, 0.05) is 5.69 Å². The highest BCUT2D eigenvalue weighted by Gasteiger charge is 2.43. The molecule has 1 aromatic heterocycles. The number of carbonyl (C=O) groups is 2. The Morgan fingerprint density at radius 2 is 1.95 bits per heavy atom. The van der Waals surface area contributed by atoms with E-state index < -0.39 is 5.41 Å². The molecule has 0 fully saturated rings. The first-order chi connectivity index (χ1) is 9.54. The minimum Gasteiger partial charge on any atom is -0.456 e. The Kier molecular flexibility index (Phi) is 2.74. The van der Waals surface area contributed by atoms with Crippen LogP contribution < -0.4 is 4.90 Å². The normalized spacial score (nSPS) is 16.3. The zero-order valence-electron chi connectivity index (χ0n) is 11.4. The largest absolute Gasteiger partial charge is 0.456 e. The van der Waals surface area contributed by atoms with Crippen LogP contribution in [0.5, 0.6) is 0 Å². The minimum atomic E-state index is -0.531. The second kappa shape index (κ2) is 4.34. The van der Waals surface area contributed by atoms with Gasteiger partial charge in [-0.15, -0.1) is 0 Å². The third-order valence-corrected chi connectivity index (χ3v) is 3.76. The van der Waals surface area contributed by atoms with Gasteiger partial charge in [0.25, 0.3) is 0 Å². The quantitative estimate of drug-likeness (QED) is 0.805. The van der Waals surface area contributed by atoms with Crippen molar-refractivity contribution in [1.82, 2.24) is 0 Å². The van der Waals surface area contributed by atoms with Crippen molar-refractivity contribution in [2.75, 3.05) is 4.90 Å². The molecule has 0 atom stereocenters. The van der Waals surface area contributed by atoms with Gasteiger partial charge < -0.3 is 9.32 Å². The lowest BCUT2D eigenvalue weighted by Crippen LogP contribution is -2.35. The molecule has 1 aliphatic heterocycles. The van der Waals surface area contributed by atoms with Crippen LogP contribution in [0, 0.1) is 0 Å². The summed E-state index contributed by atoms with van der Waals surface area (Å²) in [7, 11) is 0. The summed E-state index contributed by atoms with van der Waals surface area (Å²) in [5.41, 5.74) is 1.40. The van der Waals surface area contributed by atoms with E-state index in [4.69, 9.17) is 4.42 Å². The van der Waals surface area contributed by atoms with Gasteiger partial charge in [-0.05, 0) is 37.6 Å². The maximum Gasteiger partial charge on any atom is 0.237 e. The second-order valence-electron chi connectivity index (χ2n) is 5.46. The number of fused-ring (bicyclic) bond motifs is 1. The lowest BCUT2D eigenvalue weighted by atomic mass is 9.86. The summed E-state index contributed by atoms with van der Waals surface area (Å²) < 4.78 is 5.36. The predicted molar refractivity (Wildman–Crippen MR) is 74.8 cm³/mol. The van der Waals surface area contributed by atoms with E-state index in [2.05, 4.69) is 0 Å². The molecule has 3 rings (SSSR count). The smallest absolute Gasteiger partial charge is 0.237 e. The average molecular weight is 269 g/mol. The Morgan fingerprint density at radius 3 is 2.65 bits per heavy atom. The van der Waals surface area contributed by atoms with Crippen molar-refractivity contribution in [1.29, 1.82) is 0 Å². The van der Waals surface area contributed by atoms with Gasteiger partial charge in [0.05, 0.1) is 12.0 Å². The molecule has 4 heteroatoms. The van der Waals surface area contributed by atoms with Gasteiger partial charge in [-0.1, -0.05) is 18.2 Å². The van der Waals surface area contributed by atoms with Crippen LogP contribution in [0.4, 0.5) is 5.69 Å². The fraction of sp³-hybridized carbons (Fsp3) is 0.250. The first kappa shape index (κ1) is 12.7. The number of hydrogen-bond donors (Lipinski definition) is 0.